The molecule has 0 radical (unpaired) electrons. The topological polar surface area (TPSA) is 39.0 Å². The van der Waals surface area contributed by atoms with Crippen molar-refractivity contribution in [2.24, 2.45) is 0 Å². The van der Waals surface area contributed by atoms with E-state index >= 15 is 0 Å². The van der Waals surface area contributed by atoms with Crippen molar-refractivity contribution in [3.63, 3.8) is 0 Å². The molecule has 2 aromatic heterocycles. The van der Waals surface area contributed by atoms with E-state index in [1.807, 2.05) is 17.0 Å². The Morgan fingerprint density at radius 2 is 2.28 bits per heavy atom. The number of hydrogen-bond acceptors (Lipinski definition) is 3. The van der Waals surface area contributed by atoms with Gasteiger partial charge in [-0.3, -0.25) is 9.13 Å². The Kier molecular flexibility index (Phi) is 3.34. The fourth-order valence-electron chi connectivity index (χ4n) is 2.05. The summed E-state index contributed by atoms with van der Waals surface area (Å²) in [6, 6.07) is 4.65. The first kappa shape index (κ1) is 11.7. The third kappa shape index (κ3) is 2.57. The highest BCUT2D eigenvalue weighted by molar-refractivity contribution is 7.09. The lowest BCUT2D eigenvalue weighted by molar-refractivity contribution is 0.570. The van der Waals surface area contributed by atoms with Crippen LogP contribution in [-0.4, -0.2) is 15.7 Å². The van der Waals surface area contributed by atoms with Crippen LogP contribution in [0.1, 0.15) is 23.8 Å². The molecule has 0 atom stereocenters. The summed E-state index contributed by atoms with van der Waals surface area (Å²) >= 11 is 1.75. The second-order valence-corrected chi connectivity index (χ2v) is 5.70. The highest BCUT2D eigenvalue weighted by atomic mass is 32.1. The first-order valence-corrected chi connectivity index (χ1v) is 7.23. The highest BCUT2D eigenvalue weighted by Gasteiger charge is 2.25. The van der Waals surface area contributed by atoms with Gasteiger partial charge in [0.25, 0.3) is 0 Å². The zero-order chi connectivity index (χ0) is 12.4. The van der Waals surface area contributed by atoms with Gasteiger partial charge in [0.05, 0.1) is 0 Å². The molecule has 96 valence electrons. The molecule has 18 heavy (non-hydrogen) atoms. The van der Waals surface area contributed by atoms with Crippen molar-refractivity contribution in [2.75, 3.05) is 6.54 Å². The molecule has 1 saturated carbocycles. The predicted molar refractivity (Wildman–Crippen MR) is 73.0 cm³/mol. The van der Waals surface area contributed by atoms with Gasteiger partial charge in [-0.25, -0.2) is 4.79 Å². The van der Waals surface area contributed by atoms with E-state index in [2.05, 4.69) is 22.8 Å². The number of rotatable bonds is 6. The predicted octanol–water partition coefficient (Wildman–Crippen LogP) is 1.84. The molecule has 0 spiro atoms. The zero-order valence-corrected chi connectivity index (χ0v) is 11.0. The summed E-state index contributed by atoms with van der Waals surface area (Å²) in [4.78, 5) is 13.3. The average Bonchev–Trinajstić information content (AvgIpc) is 2.95. The molecule has 0 aromatic carbocycles. The molecule has 0 saturated heterocycles. The Morgan fingerprint density at radius 3 is 3.00 bits per heavy atom. The van der Waals surface area contributed by atoms with Crippen LogP contribution in [0.4, 0.5) is 0 Å². The quantitative estimate of drug-likeness (QED) is 0.808. The van der Waals surface area contributed by atoms with Crippen molar-refractivity contribution in [3.05, 3.63) is 45.3 Å². The molecule has 0 bridgehead atoms. The molecule has 1 aliphatic rings. The molecule has 4 nitrogen and oxygen atoms in total. The molecule has 1 fully saturated rings. The molecule has 0 amide bonds. The van der Waals surface area contributed by atoms with Crippen LogP contribution < -0.4 is 11.0 Å². The number of aromatic nitrogens is 2. The Bertz CT molecular complexity index is 551. The van der Waals surface area contributed by atoms with Crippen LogP contribution in [0.5, 0.6) is 0 Å². The fraction of sp³-hybridized carbons (Fsp3) is 0.462. The summed E-state index contributed by atoms with van der Waals surface area (Å²) in [5.41, 5.74) is 0.135. The van der Waals surface area contributed by atoms with Gasteiger partial charge >= 0.3 is 5.69 Å². The van der Waals surface area contributed by atoms with Crippen molar-refractivity contribution >= 4 is 11.3 Å². The van der Waals surface area contributed by atoms with Crippen LogP contribution in [-0.2, 0) is 13.1 Å². The van der Waals surface area contributed by atoms with Gasteiger partial charge in [-0.2, -0.15) is 0 Å². The second-order valence-electron chi connectivity index (χ2n) is 4.67. The van der Waals surface area contributed by atoms with Gasteiger partial charge in [0.1, 0.15) is 0 Å². The fourth-order valence-corrected chi connectivity index (χ4v) is 2.73. The van der Waals surface area contributed by atoms with Crippen LogP contribution in [0, 0.1) is 0 Å². The van der Waals surface area contributed by atoms with E-state index in [-0.39, 0.29) is 5.69 Å². The normalized spacial score (nSPS) is 15.1. The summed E-state index contributed by atoms with van der Waals surface area (Å²) in [6.45, 7) is 2.45. The molecule has 5 heteroatoms. The zero-order valence-electron chi connectivity index (χ0n) is 10.2. The number of nitrogens with zero attached hydrogens (tertiary/aromatic N) is 2. The summed E-state index contributed by atoms with van der Waals surface area (Å²) in [5.74, 6) is 0. The molecule has 0 unspecified atom stereocenters. The molecular formula is C13H17N3OS. The van der Waals surface area contributed by atoms with E-state index in [0.717, 1.165) is 32.5 Å². The Labute approximate surface area is 110 Å². The van der Waals surface area contributed by atoms with E-state index in [9.17, 15) is 4.79 Å². The van der Waals surface area contributed by atoms with Crippen LogP contribution >= 0.6 is 11.3 Å². The Balaban J connectivity index is 1.49. The number of nitrogens with one attached hydrogen (secondary N) is 1. The van der Waals surface area contributed by atoms with Gasteiger partial charge in [-0.15, -0.1) is 11.3 Å². The third-order valence-corrected chi connectivity index (χ3v) is 4.10. The molecule has 0 aliphatic heterocycles. The van der Waals surface area contributed by atoms with Crippen molar-refractivity contribution in [3.8, 4) is 0 Å². The first-order chi connectivity index (χ1) is 8.84. The average molecular weight is 263 g/mol. The minimum Gasteiger partial charge on any atom is -0.310 e. The van der Waals surface area contributed by atoms with Gasteiger partial charge in [0, 0.05) is 42.9 Å². The van der Waals surface area contributed by atoms with Gasteiger partial charge in [0.15, 0.2) is 0 Å². The van der Waals surface area contributed by atoms with E-state index in [0.29, 0.717) is 6.04 Å². The van der Waals surface area contributed by atoms with Crippen molar-refractivity contribution in [1.82, 2.24) is 14.5 Å². The van der Waals surface area contributed by atoms with Crippen molar-refractivity contribution < 1.29 is 0 Å². The van der Waals surface area contributed by atoms with Crippen molar-refractivity contribution in [2.45, 2.75) is 32.0 Å². The lowest BCUT2D eigenvalue weighted by Crippen LogP contribution is -2.28. The molecule has 2 heterocycles. The molecule has 2 aromatic rings. The minimum absolute atomic E-state index is 0.135. The van der Waals surface area contributed by atoms with Crippen LogP contribution in [0.25, 0.3) is 0 Å². The summed E-state index contributed by atoms with van der Waals surface area (Å²) in [7, 11) is 0. The minimum atomic E-state index is 0.135. The highest BCUT2D eigenvalue weighted by Crippen LogP contribution is 2.33. The monoisotopic (exact) mass is 263 g/mol. The maximum absolute atomic E-state index is 12.0. The smallest absolute Gasteiger partial charge is 0.310 e. The van der Waals surface area contributed by atoms with Gasteiger partial charge in [-0.1, -0.05) is 6.07 Å². The number of hydrogen-bond donors (Lipinski definition) is 1. The van der Waals surface area contributed by atoms with E-state index in [1.54, 1.807) is 15.9 Å². The first-order valence-electron chi connectivity index (χ1n) is 6.35. The lowest BCUT2D eigenvalue weighted by Gasteiger charge is -2.03. The van der Waals surface area contributed by atoms with E-state index in [4.69, 9.17) is 0 Å². The van der Waals surface area contributed by atoms with Gasteiger partial charge in [0.2, 0.25) is 0 Å². The van der Waals surface area contributed by atoms with Crippen molar-refractivity contribution in [1.29, 1.82) is 0 Å². The Hall–Kier alpha value is -1.33. The summed E-state index contributed by atoms with van der Waals surface area (Å²) in [6.07, 6.45) is 6.12. The number of thiophene rings is 1. The van der Waals surface area contributed by atoms with E-state index in [1.165, 1.54) is 4.88 Å². The standard InChI is InChI=1S/C13H17N3OS/c17-13-15(7-8-16(13)11-3-4-11)6-5-14-10-12-2-1-9-18-12/h1-2,7-9,11,14H,3-6,10H2. The third-order valence-electron chi connectivity index (χ3n) is 3.22. The van der Waals surface area contributed by atoms with Crippen LogP contribution in [0.15, 0.2) is 34.7 Å². The second kappa shape index (κ2) is 5.12. The van der Waals surface area contributed by atoms with Crippen LogP contribution in [0.2, 0.25) is 0 Å². The Morgan fingerprint density at radius 1 is 1.39 bits per heavy atom. The lowest BCUT2D eigenvalue weighted by atomic mass is 10.4. The molecule has 1 N–H and O–H groups in total. The molecular weight excluding hydrogens is 246 g/mol. The summed E-state index contributed by atoms with van der Waals surface area (Å²) in [5, 5.41) is 5.44. The maximum Gasteiger partial charge on any atom is 0.328 e. The SMILES string of the molecule is O=c1n(CCNCc2cccs2)ccn1C1CC1. The van der Waals surface area contributed by atoms with E-state index < -0.39 is 0 Å². The molecule has 3 rings (SSSR count). The maximum atomic E-state index is 12.0. The van der Waals surface area contributed by atoms with Gasteiger partial charge in [-0.05, 0) is 24.3 Å². The number of imidazole rings is 1. The largest absolute Gasteiger partial charge is 0.328 e. The summed E-state index contributed by atoms with van der Waals surface area (Å²) < 4.78 is 3.65. The molecule has 1 aliphatic carbocycles. The van der Waals surface area contributed by atoms with Crippen LogP contribution in [0.3, 0.4) is 0 Å². The van der Waals surface area contributed by atoms with Gasteiger partial charge < -0.3 is 5.32 Å².